The lowest BCUT2D eigenvalue weighted by molar-refractivity contribution is 0.288. The molecule has 0 amide bonds. The predicted molar refractivity (Wildman–Crippen MR) is 208 cm³/mol. The van der Waals surface area contributed by atoms with E-state index in [4.69, 9.17) is 18.9 Å². The quantitative estimate of drug-likeness (QED) is 0.171. The molecule has 6 aromatic carbocycles. The van der Waals surface area contributed by atoms with Crippen LogP contribution < -0.4 is 38.5 Å². The maximum Gasteiger partial charge on any atom is 0.161 e. The van der Waals surface area contributed by atoms with Gasteiger partial charge in [0.15, 0.2) is 26.9 Å². The SMILES string of the molecule is c1cc(N2COc3ccccc3C2)cc(N2COc3ccc(Cc4ccc5c(c4)CN(c4cccc(N6COc7ccccc7C6)c4)CO5)cc3C2)c1. The van der Waals surface area contributed by atoms with Gasteiger partial charge in [0.2, 0.25) is 0 Å². The maximum atomic E-state index is 6.27. The Labute approximate surface area is 309 Å². The molecule has 53 heavy (non-hydrogen) atoms. The normalized spacial score (nSPS) is 15.8. The molecule has 4 aliphatic rings. The molecule has 0 aliphatic carbocycles. The average Bonchev–Trinajstić information content (AvgIpc) is 3.23. The Morgan fingerprint density at radius 3 is 1.11 bits per heavy atom. The Bertz CT molecular complexity index is 2150. The van der Waals surface area contributed by atoms with Gasteiger partial charge in [-0.15, -0.1) is 0 Å². The second kappa shape index (κ2) is 13.4. The molecule has 0 saturated carbocycles. The number of hydrogen-bond acceptors (Lipinski definition) is 8. The highest BCUT2D eigenvalue weighted by Crippen LogP contribution is 2.36. The fraction of sp³-hybridized carbons (Fsp3) is 0.200. The van der Waals surface area contributed by atoms with Crippen LogP contribution in [0.5, 0.6) is 23.0 Å². The number of benzene rings is 6. The molecule has 8 nitrogen and oxygen atoms in total. The van der Waals surface area contributed by atoms with Crippen LogP contribution in [0.25, 0.3) is 0 Å². The van der Waals surface area contributed by atoms with E-state index in [9.17, 15) is 0 Å². The zero-order valence-electron chi connectivity index (χ0n) is 29.5. The van der Waals surface area contributed by atoms with Crippen molar-refractivity contribution in [1.29, 1.82) is 0 Å². The highest BCUT2D eigenvalue weighted by molar-refractivity contribution is 5.63. The van der Waals surface area contributed by atoms with E-state index in [1.165, 1.54) is 33.4 Å². The maximum absolute atomic E-state index is 6.27. The lowest BCUT2D eigenvalue weighted by Crippen LogP contribution is -2.33. The Kier molecular flexibility index (Phi) is 7.93. The van der Waals surface area contributed by atoms with Gasteiger partial charge in [0, 0.05) is 71.2 Å². The molecule has 0 radical (unpaired) electrons. The Balaban J connectivity index is 0.818. The monoisotopic (exact) mass is 700 g/mol. The Morgan fingerprint density at radius 2 is 0.698 bits per heavy atom. The number of para-hydroxylation sites is 2. The van der Waals surface area contributed by atoms with E-state index in [1.807, 2.05) is 24.3 Å². The number of ether oxygens (including phenoxy) is 4. The first-order chi connectivity index (χ1) is 26.2. The van der Waals surface area contributed by atoms with E-state index in [0.29, 0.717) is 26.9 Å². The van der Waals surface area contributed by atoms with Gasteiger partial charge in [-0.2, -0.15) is 0 Å². The average molecular weight is 701 g/mol. The molecule has 0 bridgehead atoms. The first-order valence-corrected chi connectivity index (χ1v) is 18.3. The van der Waals surface area contributed by atoms with Crippen LogP contribution in [0.15, 0.2) is 133 Å². The summed E-state index contributed by atoms with van der Waals surface area (Å²) in [6, 6.07) is 47.2. The summed E-state index contributed by atoms with van der Waals surface area (Å²) in [7, 11) is 0. The summed E-state index contributed by atoms with van der Waals surface area (Å²) in [5.74, 6) is 3.86. The lowest BCUT2D eigenvalue weighted by Gasteiger charge is -2.34. The summed E-state index contributed by atoms with van der Waals surface area (Å²) in [4.78, 5) is 9.14. The van der Waals surface area contributed by atoms with Gasteiger partial charge in [0.05, 0.1) is 0 Å². The molecule has 0 saturated heterocycles. The van der Waals surface area contributed by atoms with Crippen LogP contribution >= 0.6 is 0 Å². The van der Waals surface area contributed by atoms with Crippen molar-refractivity contribution >= 4 is 22.7 Å². The molecule has 0 aromatic heterocycles. The minimum atomic E-state index is 0.513. The summed E-state index contributed by atoms with van der Waals surface area (Å²) >= 11 is 0. The highest BCUT2D eigenvalue weighted by Gasteiger charge is 2.24. The van der Waals surface area contributed by atoms with Gasteiger partial charge in [0.1, 0.15) is 23.0 Å². The highest BCUT2D eigenvalue weighted by atomic mass is 16.5. The topological polar surface area (TPSA) is 49.9 Å². The Morgan fingerprint density at radius 1 is 0.340 bits per heavy atom. The summed E-state index contributed by atoms with van der Waals surface area (Å²) < 4.78 is 24.6. The molecule has 0 atom stereocenters. The zero-order valence-corrected chi connectivity index (χ0v) is 29.5. The van der Waals surface area contributed by atoms with Crippen molar-refractivity contribution in [2.45, 2.75) is 32.6 Å². The van der Waals surface area contributed by atoms with Gasteiger partial charge in [-0.25, -0.2) is 0 Å². The van der Waals surface area contributed by atoms with E-state index in [1.54, 1.807) is 0 Å². The zero-order chi connectivity index (χ0) is 35.1. The van der Waals surface area contributed by atoms with Gasteiger partial charge in [-0.05, 0) is 90.3 Å². The minimum absolute atomic E-state index is 0.513. The summed E-state index contributed by atoms with van der Waals surface area (Å²) in [5.41, 5.74) is 11.9. The van der Waals surface area contributed by atoms with Gasteiger partial charge in [-0.3, -0.25) is 0 Å². The fourth-order valence-electron chi connectivity index (χ4n) is 7.83. The van der Waals surface area contributed by atoms with Crippen LogP contribution in [-0.4, -0.2) is 26.9 Å². The second-order valence-corrected chi connectivity index (χ2v) is 14.2. The number of fused-ring (bicyclic) bond motifs is 4. The molecule has 8 heteroatoms. The third kappa shape index (κ3) is 6.31. The number of hydrogen-bond donors (Lipinski definition) is 0. The molecule has 264 valence electrons. The standard InChI is InChI=1S/C45H40N4O4/c1-3-13-42-34(7-1)24-46(28-50-42)38-9-5-11-40(22-38)48-26-36-20-32(15-17-44(36)52-30-48)19-33-16-18-45-37(21-33)27-49(31-53-45)41-12-6-10-39(23-41)47-25-35-8-2-4-14-43(35)51-29-47/h1-18,20-23H,19,24-31H2. The van der Waals surface area contributed by atoms with Crippen molar-refractivity contribution in [3.05, 3.63) is 167 Å². The molecule has 0 N–H and O–H groups in total. The van der Waals surface area contributed by atoms with Crippen molar-refractivity contribution in [3.8, 4) is 23.0 Å². The van der Waals surface area contributed by atoms with Gasteiger partial charge < -0.3 is 38.5 Å². The first kappa shape index (κ1) is 31.5. The molecule has 0 unspecified atom stereocenters. The third-order valence-corrected chi connectivity index (χ3v) is 10.7. The van der Waals surface area contributed by atoms with E-state index in [2.05, 4.69) is 129 Å². The molecule has 4 aliphatic heterocycles. The van der Waals surface area contributed by atoms with Crippen molar-refractivity contribution in [2.75, 3.05) is 46.5 Å². The minimum Gasteiger partial charge on any atom is -0.473 e. The van der Waals surface area contributed by atoms with Gasteiger partial charge >= 0.3 is 0 Å². The van der Waals surface area contributed by atoms with E-state index in [-0.39, 0.29) is 0 Å². The molecule has 0 spiro atoms. The van der Waals surface area contributed by atoms with Crippen LogP contribution in [-0.2, 0) is 32.6 Å². The van der Waals surface area contributed by atoms with Crippen molar-refractivity contribution in [2.24, 2.45) is 0 Å². The number of rotatable bonds is 6. The van der Waals surface area contributed by atoms with Crippen LogP contribution in [0.2, 0.25) is 0 Å². The molecule has 0 fully saturated rings. The first-order valence-electron chi connectivity index (χ1n) is 18.3. The van der Waals surface area contributed by atoms with E-state index in [0.717, 1.165) is 78.3 Å². The molecular weight excluding hydrogens is 661 g/mol. The summed E-state index contributed by atoms with van der Waals surface area (Å²) in [6.07, 6.45) is 0.832. The van der Waals surface area contributed by atoms with E-state index >= 15 is 0 Å². The van der Waals surface area contributed by atoms with Crippen molar-refractivity contribution < 1.29 is 18.9 Å². The van der Waals surface area contributed by atoms with Crippen LogP contribution in [0.3, 0.4) is 0 Å². The number of nitrogens with zero attached hydrogens (tertiary/aromatic N) is 4. The van der Waals surface area contributed by atoms with Crippen molar-refractivity contribution in [3.63, 3.8) is 0 Å². The Hall–Kier alpha value is -6.28. The summed E-state index contributed by atoms with van der Waals surface area (Å²) in [6.45, 7) is 5.32. The largest absolute Gasteiger partial charge is 0.473 e. The smallest absolute Gasteiger partial charge is 0.161 e. The lowest BCUT2D eigenvalue weighted by atomic mass is 9.99. The molecular formula is C45H40N4O4. The fourth-order valence-corrected chi connectivity index (χ4v) is 7.83. The van der Waals surface area contributed by atoms with Crippen LogP contribution in [0.1, 0.15) is 33.4 Å². The third-order valence-electron chi connectivity index (χ3n) is 10.7. The summed E-state index contributed by atoms with van der Waals surface area (Å²) in [5, 5.41) is 0. The van der Waals surface area contributed by atoms with E-state index < -0.39 is 0 Å². The molecule has 6 aromatic rings. The second-order valence-electron chi connectivity index (χ2n) is 14.2. The molecule has 10 rings (SSSR count). The predicted octanol–water partition coefficient (Wildman–Crippen LogP) is 8.70. The van der Waals surface area contributed by atoms with Crippen LogP contribution in [0, 0.1) is 0 Å². The van der Waals surface area contributed by atoms with Gasteiger partial charge in [-0.1, -0.05) is 60.7 Å². The van der Waals surface area contributed by atoms with Crippen LogP contribution in [0.4, 0.5) is 22.7 Å². The van der Waals surface area contributed by atoms with Gasteiger partial charge in [0.25, 0.3) is 0 Å². The number of anilines is 4. The molecule has 4 heterocycles. The van der Waals surface area contributed by atoms with Crippen molar-refractivity contribution in [1.82, 2.24) is 0 Å².